The molecule has 0 bridgehead atoms. The molecule has 0 spiro atoms. The van der Waals surface area contributed by atoms with E-state index in [1.54, 1.807) is 19.3 Å². The molecule has 0 heterocycles. The fraction of sp³-hybridized carbons (Fsp3) is 0.471. The lowest BCUT2D eigenvalue weighted by atomic mass is 9.88. The number of carboxylic acids is 1. The summed E-state index contributed by atoms with van der Waals surface area (Å²) in [4.78, 5) is 10.7. The van der Waals surface area contributed by atoms with Crippen LogP contribution in [-0.2, 0) is 4.79 Å². The molecule has 21 heavy (non-hydrogen) atoms. The predicted octanol–water partition coefficient (Wildman–Crippen LogP) is 3.75. The Bertz CT molecular complexity index is 522. The summed E-state index contributed by atoms with van der Waals surface area (Å²) in [5, 5.41) is 8.79. The molecule has 114 valence electrons. The van der Waals surface area contributed by atoms with E-state index in [1.807, 2.05) is 12.1 Å². The molecule has 1 saturated carbocycles. The minimum absolute atomic E-state index is 0.208. The number of hydrogen-bond acceptors (Lipinski definition) is 3. The van der Waals surface area contributed by atoms with Gasteiger partial charge in [-0.3, -0.25) is 0 Å². The Kier molecular flexibility index (Phi) is 5.26. The van der Waals surface area contributed by atoms with Crippen LogP contribution >= 0.6 is 0 Å². The SMILES string of the molecule is COc1ccc(OC2CCCC(C)C2)c(C=CC(=O)O)c1. The van der Waals surface area contributed by atoms with Crippen molar-refractivity contribution in [2.75, 3.05) is 7.11 Å². The minimum atomic E-state index is -0.977. The molecule has 0 aromatic heterocycles. The van der Waals surface area contributed by atoms with Crippen LogP contribution in [0.1, 0.15) is 38.2 Å². The van der Waals surface area contributed by atoms with Crippen molar-refractivity contribution < 1.29 is 19.4 Å². The molecule has 2 rings (SSSR count). The van der Waals surface area contributed by atoms with E-state index in [4.69, 9.17) is 14.6 Å². The molecule has 4 heteroatoms. The third-order valence-electron chi connectivity index (χ3n) is 3.80. The van der Waals surface area contributed by atoms with E-state index in [1.165, 1.54) is 12.8 Å². The number of ether oxygens (including phenoxy) is 2. The maximum absolute atomic E-state index is 10.7. The second-order valence-corrected chi connectivity index (χ2v) is 5.59. The zero-order valence-corrected chi connectivity index (χ0v) is 12.5. The van der Waals surface area contributed by atoms with Gasteiger partial charge in [-0.05, 0) is 49.5 Å². The summed E-state index contributed by atoms with van der Waals surface area (Å²) in [6.07, 6.45) is 7.42. The lowest BCUT2D eigenvalue weighted by Crippen LogP contribution is -2.24. The van der Waals surface area contributed by atoms with Crippen LogP contribution in [0.2, 0.25) is 0 Å². The summed E-state index contributed by atoms with van der Waals surface area (Å²) >= 11 is 0. The van der Waals surface area contributed by atoms with E-state index in [2.05, 4.69) is 6.92 Å². The molecule has 1 aromatic carbocycles. The number of carbonyl (C=O) groups is 1. The molecule has 0 radical (unpaired) electrons. The van der Waals surface area contributed by atoms with Gasteiger partial charge in [0.25, 0.3) is 0 Å². The second kappa shape index (κ2) is 7.16. The fourth-order valence-electron chi connectivity index (χ4n) is 2.72. The van der Waals surface area contributed by atoms with Crippen molar-refractivity contribution in [3.63, 3.8) is 0 Å². The van der Waals surface area contributed by atoms with Gasteiger partial charge in [-0.25, -0.2) is 4.79 Å². The summed E-state index contributed by atoms with van der Waals surface area (Å²) in [5.41, 5.74) is 0.731. The Labute approximate surface area is 125 Å². The van der Waals surface area contributed by atoms with Crippen LogP contribution in [0.5, 0.6) is 11.5 Å². The molecule has 1 aliphatic carbocycles. The molecule has 1 aromatic rings. The zero-order chi connectivity index (χ0) is 15.2. The van der Waals surface area contributed by atoms with E-state index >= 15 is 0 Å². The average Bonchev–Trinajstić information content (AvgIpc) is 2.46. The first kappa shape index (κ1) is 15.4. The molecule has 2 atom stereocenters. The van der Waals surface area contributed by atoms with Crippen LogP contribution in [0.4, 0.5) is 0 Å². The molecule has 2 unspecified atom stereocenters. The van der Waals surface area contributed by atoms with Crippen molar-refractivity contribution in [1.82, 2.24) is 0 Å². The zero-order valence-electron chi connectivity index (χ0n) is 12.5. The molecule has 4 nitrogen and oxygen atoms in total. The number of methoxy groups -OCH3 is 1. The van der Waals surface area contributed by atoms with E-state index in [0.717, 1.165) is 24.5 Å². The van der Waals surface area contributed by atoms with Gasteiger partial charge in [0, 0.05) is 11.6 Å². The third kappa shape index (κ3) is 4.52. The van der Waals surface area contributed by atoms with Crippen LogP contribution in [0, 0.1) is 5.92 Å². The Morgan fingerprint density at radius 3 is 2.86 bits per heavy atom. The van der Waals surface area contributed by atoms with Crippen molar-refractivity contribution in [2.24, 2.45) is 5.92 Å². The molecule has 0 aliphatic heterocycles. The van der Waals surface area contributed by atoms with Gasteiger partial charge in [-0.1, -0.05) is 13.3 Å². The van der Waals surface area contributed by atoms with Gasteiger partial charge in [0.2, 0.25) is 0 Å². The van der Waals surface area contributed by atoms with Crippen LogP contribution in [0.25, 0.3) is 6.08 Å². The van der Waals surface area contributed by atoms with E-state index in [-0.39, 0.29) is 6.10 Å². The summed E-state index contributed by atoms with van der Waals surface area (Å²) in [7, 11) is 1.59. The highest BCUT2D eigenvalue weighted by Crippen LogP contribution is 2.31. The minimum Gasteiger partial charge on any atom is -0.497 e. The largest absolute Gasteiger partial charge is 0.497 e. The quantitative estimate of drug-likeness (QED) is 0.839. The number of aliphatic carboxylic acids is 1. The van der Waals surface area contributed by atoms with Gasteiger partial charge in [0.1, 0.15) is 11.5 Å². The number of benzene rings is 1. The average molecular weight is 290 g/mol. The Morgan fingerprint density at radius 2 is 2.19 bits per heavy atom. The third-order valence-corrected chi connectivity index (χ3v) is 3.80. The summed E-state index contributed by atoms with van der Waals surface area (Å²) < 4.78 is 11.3. The first-order valence-electron chi connectivity index (χ1n) is 7.34. The van der Waals surface area contributed by atoms with Crippen molar-refractivity contribution in [2.45, 2.75) is 38.7 Å². The molecule has 1 aliphatic rings. The molecule has 1 fully saturated rings. The van der Waals surface area contributed by atoms with Gasteiger partial charge in [0.15, 0.2) is 0 Å². The van der Waals surface area contributed by atoms with Crippen molar-refractivity contribution in [1.29, 1.82) is 0 Å². The first-order chi connectivity index (χ1) is 10.1. The highest BCUT2D eigenvalue weighted by molar-refractivity contribution is 5.86. The molecular weight excluding hydrogens is 268 g/mol. The maximum atomic E-state index is 10.7. The van der Waals surface area contributed by atoms with Crippen molar-refractivity contribution >= 4 is 12.0 Å². The smallest absolute Gasteiger partial charge is 0.328 e. The second-order valence-electron chi connectivity index (χ2n) is 5.59. The van der Waals surface area contributed by atoms with Gasteiger partial charge >= 0.3 is 5.97 Å². The topological polar surface area (TPSA) is 55.8 Å². The number of hydrogen-bond donors (Lipinski definition) is 1. The monoisotopic (exact) mass is 290 g/mol. The first-order valence-corrected chi connectivity index (χ1v) is 7.34. The van der Waals surface area contributed by atoms with Gasteiger partial charge in [0.05, 0.1) is 13.2 Å². The van der Waals surface area contributed by atoms with Crippen molar-refractivity contribution in [3.8, 4) is 11.5 Å². The van der Waals surface area contributed by atoms with Gasteiger partial charge < -0.3 is 14.6 Å². The lowest BCUT2D eigenvalue weighted by molar-refractivity contribution is -0.131. The summed E-state index contributed by atoms with van der Waals surface area (Å²) in [6.45, 7) is 2.24. The van der Waals surface area contributed by atoms with E-state index in [0.29, 0.717) is 17.4 Å². The van der Waals surface area contributed by atoms with Crippen LogP contribution in [0.3, 0.4) is 0 Å². The molecule has 0 saturated heterocycles. The van der Waals surface area contributed by atoms with E-state index in [9.17, 15) is 4.79 Å². The Morgan fingerprint density at radius 1 is 1.38 bits per heavy atom. The molecule has 1 N–H and O–H groups in total. The van der Waals surface area contributed by atoms with Crippen LogP contribution in [0.15, 0.2) is 24.3 Å². The lowest BCUT2D eigenvalue weighted by Gasteiger charge is -2.28. The number of carboxylic acid groups (broad SMARTS) is 1. The van der Waals surface area contributed by atoms with Gasteiger partial charge in [-0.15, -0.1) is 0 Å². The Balaban J connectivity index is 2.18. The van der Waals surface area contributed by atoms with Crippen molar-refractivity contribution in [3.05, 3.63) is 29.8 Å². The van der Waals surface area contributed by atoms with Crippen LogP contribution < -0.4 is 9.47 Å². The predicted molar refractivity (Wildman–Crippen MR) is 81.7 cm³/mol. The number of rotatable bonds is 5. The normalized spacial score (nSPS) is 22.2. The molecular formula is C17H22O4. The summed E-state index contributed by atoms with van der Waals surface area (Å²) in [5.74, 6) is 1.10. The fourth-order valence-corrected chi connectivity index (χ4v) is 2.72. The highest BCUT2D eigenvalue weighted by Gasteiger charge is 2.21. The Hall–Kier alpha value is -1.97. The van der Waals surface area contributed by atoms with Crippen LogP contribution in [-0.4, -0.2) is 24.3 Å². The highest BCUT2D eigenvalue weighted by atomic mass is 16.5. The maximum Gasteiger partial charge on any atom is 0.328 e. The summed E-state index contributed by atoms with van der Waals surface area (Å²) in [6, 6.07) is 5.47. The van der Waals surface area contributed by atoms with E-state index < -0.39 is 5.97 Å². The van der Waals surface area contributed by atoms with Gasteiger partial charge in [-0.2, -0.15) is 0 Å². The standard InChI is InChI=1S/C17H22O4/c1-12-4-3-5-15(10-12)21-16-8-7-14(20-2)11-13(16)6-9-17(18)19/h6-9,11-12,15H,3-5,10H2,1-2H3,(H,18,19). The molecule has 0 amide bonds.